The van der Waals surface area contributed by atoms with Gasteiger partial charge in [0.15, 0.2) is 5.83 Å². The first-order valence-electron chi connectivity index (χ1n) is 3.34. The van der Waals surface area contributed by atoms with E-state index in [0.29, 0.717) is 12.0 Å². The van der Waals surface area contributed by atoms with E-state index in [2.05, 4.69) is 5.73 Å². The van der Waals surface area contributed by atoms with Crippen LogP contribution in [0.4, 0.5) is 8.78 Å². The quantitative estimate of drug-likeness (QED) is 0.470. The highest BCUT2D eigenvalue weighted by atomic mass is 19.1. The zero-order valence-corrected chi connectivity index (χ0v) is 6.20. The summed E-state index contributed by atoms with van der Waals surface area (Å²) in [5.41, 5.74) is 2.97. The summed E-state index contributed by atoms with van der Waals surface area (Å²) in [6.07, 6.45) is 4.08. The minimum absolute atomic E-state index is 0.363. The molecule has 1 rings (SSSR count). The van der Waals surface area contributed by atoms with Gasteiger partial charge in [0.05, 0.1) is 0 Å². The van der Waals surface area contributed by atoms with Crippen LogP contribution < -0.4 is 0 Å². The first kappa shape index (κ1) is 7.96. The van der Waals surface area contributed by atoms with Gasteiger partial charge in [-0.3, -0.25) is 0 Å². The molecule has 0 fully saturated rings. The van der Waals surface area contributed by atoms with E-state index in [9.17, 15) is 8.78 Å². The third-order valence-electron chi connectivity index (χ3n) is 1.43. The monoisotopic (exact) mass is 154 g/mol. The summed E-state index contributed by atoms with van der Waals surface area (Å²) in [5.74, 6) is -0.898. The van der Waals surface area contributed by atoms with E-state index in [1.54, 1.807) is 6.92 Å². The fourth-order valence-electron chi connectivity index (χ4n) is 0.736. The Balaban J connectivity index is 2.98. The minimum Gasteiger partial charge on any atom is -0.207 e. The fourth-order valence-corrected chi connectivity index (χ4v) is 0.736. The van der Waals surface area contributed by atoms with Gasteiger partial charge in [-0.05, 0) is 37.1 Å². The number of halogens is 2. The molecule has 2 heteroatoms. The molecule has 0 unspecified atom stereocenters. The molecule has 0 aromatic rings. The highest BCUT2D eigenvalue weighted by molar-refractivity contribution is 5.27. The molecule has 0 aliphatic heterocycles. The van der Waals surface area contributed by atoms with Crippen molar-refractivity contribution in [2.45, 2.75) is 13.3 Å². The molecule has 0 nitrogen and oxygen atoms in total. The fraction of sp³-hybridized carbons (Fsp3) is 0.222. The van der Waals surface area contributed by atoms with E-state index in [1.807, 2.05) is 0 Å². The van der Waals surface area contributed by atoms with Crippen LogP contribution in [0.2, 0.25) is 0 Å². The first-order valence-corrected chi connectivity index (χ1v) is 3.34. The molecular formula is C9H8F2. The van der Waals surface area contributed by atoms with Gasteiger partial charge in [0.25, 0.3) is 0 Å². The maximum absolute atomic E-state index is 12.8. The average molecular weight is 154 g/mol. The molecule has 0 saturated carbocycles. The van der Waals surface area contributed by atoms with Gasteiger partial charge in [0.1, 0.15) is 5.83 Å². The molecule has 0 heterocycles. The molecular weight excluding hydrogens is 146 g/mol. The largest absolute Gasteiger partial charge is 0.207 e. The Morgan fingerprint density at radius 3 is 2.82 bits per heavy atom. The molecule has 0 radical (unpaired) electrons. The highest BCUT2D eigenvalue weighted by Crippen LogP contribution is 2.14. The van der Waals surface area contributed by atoms with E-state index in [4.69, 9.17) is 0 Å². The van der Waals surface area contributed by atoms with Crippen molar-refractivity contribution in [3.05, 3.63) is 41.2 Å². The van der Waals surface area contributed by atoms with Crippen LogP contribution in [-0.2, 0) is 0 Å². The van der Waals surface area contributed by atoms with Crippen LogP contribution in [-0.4, -0.2) is 0 Å². The van der Waals surface area contributed by atoms with Crippen molar-refractivity contribution in [1.29, 1.82) is 0 Å². The van der Waals surface area contributed by atoms with E-state index in [-0.39, 0.29) is 5.83 Å². The molecule has 0 spiro atoms. The second kappa shape index (κ2) is 3.31. The van der Waals surface area contributed by atoms with Crippen LogP contribution in [0.15, 0.2) is 41.2 Å². The van der Waals surface area contributed by atoms with Gasteiger partial charge in [-0.25, -0.2) is 4.39 Å². The molecule has 0 amide bonds. The molecule has 0 atom stereocenters. The standard InChI is InChI=1S/C9H8F2/c1-7-3-2-4-8(10)5-6-9(7)11/h2,5-6H,3H2,1H3/b6-5-,9-7+. The predicted molar refractivity (Wildman–Crippen MR) is 40.3 cm³/mol. The smallest absolute Gasteiger partial charge is 0.165 e. The molecule has 58 valence electrons. The third-order valence-corrected chi connectivity index (χ3v) is 1.43. The van der Waals surface area contributed by atoms with Crippen LogP contribution in [0.3, 0.4) is 0 Å². The number of hydrogen-bond donors (Lipinski definition) is 0. The average Bonchev–Trinajstić information content (AvgIpc) is 1.98. The maximum atomic E-state index is 12.8. The third kappa shape index (κ3) is 2.17. The second-order valence-corrected chi connectivity index (χ2v) is 2.36. The summed E-state index contributed by atoms with van der Waals surface area (Å²) in [7, 11) is 0. The molecule has 0 N–H and O–H groups in total. The van der Waals surface area contributed by atoms with Crippen molar-refractivity contribution in [2.24, 2.45) is 0 Å². The Morgan fingerprint density at radius 2 is 2.09 bits per heavy atom. The van der Waals surface area contributed by atoms with Crippen LogP contribution >= 0.6 is 0 Å². The van der Waals surface area contributed by atoms with Gasteiger partial charge >= 0.3 is 0 Å². The van der Waals surface area contributed by atoms with E-state index >= 15 is 0 Å². The summed E-state index contributed by atoms with van der Waals surface area (Å²) in [6, 6.07) is 0. The highest BCUT2D eigenvalue weighted by Gasteiger charge is 1.98. The molecule has 0 aromatic heterocycles. The lowest BCUT2D eigenvalue weighted by Gasteiger charge is -1.96. The number of rotatable bonds is 0. The van der Waals surface area contributed by atoms with Gasteiger partial charge in [0.2, 0.25) is 0 Å². The zero-order valence-electron chi connectivity index (χ0n) is 6.20. The summed E-state index contributed by atoms with van der Waals surface area (Å²) in [6.45, 7) is 1.67. The molecule has 11 heavy (non-hydrogen) atoms. The van der Waals surface area contributed by atoms with Gasteiger partial charge in [-0.15, -0.1) is 0 Å². The van der Waals surface area contributed by atoms with Gasteiger partial charge in [0, 0.05) is 0 Å². The van der Waals surface area contributed by atoms with Gasteiger partial charge < -0.3 is 0 Å². The van der Waals surface area contributed by atoms with Crippen molar-refractivity contribution >= 4 is 0 Å². The second-order valence-electron chi connectivity index (χ2n) is 2.36. The Bertz CT molecular complexity index is 276. The lowest BCUT2D eigenvalue weighted by molar-refractivity contribution is 0.640. The van der Waals surface area contributed by atoms with E-state index in [1.165, 1.54) is 6.08 Å². The Morgan fingerprint density at radius 1 is 1.36 bits per heavy atom. The van der Waals surface area contributed by atoms with Crippen molar-refractivity contribution in [3.63, 3.8) is 0 Å². The van der Waals surface area contributed by atoms with Crippen molar-refractivity contribution in [1.82, 2.24) is 0 Å². The van der Waals surface area contributed by atoms with E-state index < -0.39 is 5.83 Å². The summed E-state index contributed by atoms with van der Waals surface area (Å²) in [5, 5.41) is 0. The molecule has 0 aromatic carbocycles. The van der Waals surface area contributed by atoms with E-state index in [0.717, 1.165) is 12.2 Å². The zero-order chi connectivity index (χ0) is 8.27. The van der Waals surface area contributed by atoms with Crippen LogP contribution in [0.25, 0.3) is 0 Å². The summed E-state index contributed by atoms with van der Waals surface area (Å²) in [4.78, 5) is 0. The van der Waals surface area contributed by atoms with Gasteiger partial charge in [-0.1, -0.05) is 5.73 Å². The minimum atomic E-state index is -0.535. The summed E-state index contributed by atoms with van der Waals surface area (Å²) >= 11 is 0. The molecule has 1 aliphatic rings. The molecule has 0 bridgehead atoms. The lowest BCUT2D eigenvalue weighted by Crippen LogP contribution is -1.79. The Kier molecular flexibility index (Phi) is 2.40. The number of allylic oxidation sites excluding steroid dienone is 5. The predicted octanol–water partition coefficient (Wildman–Crippen LogP) is 3.20. The van der Waals surface area contributed by atoms with Crippen molar-refractivity contribution in [3.8, 4) is 0 Å². The topological polar surface area (TPSA) is 0 Å². The van der Waals surface area contributed by atoms with Crippen molar-refractivity contribution < 1.29 is 8.78 Å². The molecule has 0 saturated heterocycles. The Hall–Kier alpha value is -1.14. The maximum Gasteiger partial charge on any atom is 0.165 e. The van der Waals surface area contributed by atoms with Crippen LogP contribution in [0.5, 0.6) is 0 Å². The van der Waals surface area contributed by atoms with Gasteiger partial charge in [-0.2, -0.15) is 4.39 Å². The summed E-state index contributed by atoms with van der Waals surface area (Å²) < 4.78 is 25.2. The first-order chi connectivity index (χ1) is 5.20. The molecule has 1 aliphatic carbocycles. The normalized spacial score (nSPS) is 27.4. The number of hydrogen-bond acceptors (Lipinski definition) is 0. The van der Waals surface area contributed by atoms with Crippen molar-refractivity contribution in [2.75, 3.05) is 0 Å². The van der Waals surface area contributed by atoms with Crippen LogP contribution in [0, 0.1) is 0 Å². The van der Waals surface area contributed by atoms with Crippen LogP contribution in [0.1, 0.15) is 13.3 Å². The lowest BCUT2D eigenvalue weighted by atomic mass is 10.1. The Labute approximate surface area is 64.2 Å². The SMILES string of the molecule is C/C1=C(F)/C=C\C(F)=C=CC1.